The molecular formula is C9H7I2N3. The molecule has 0 radical (unpaired) electrons. The quantitative estimate of drug-likeness (QED) is 0.712. The number of aromatic nitrogens is 3. The molecule has 0 N–H and O–H groups in total. The Bertz CT molecular complexity index is 422. The summed E-state index contributed by atoms with van der Waals surface area (Å²) >= 11 is 4.40. The molecule has 0 atom stereocenters. The topological polar surface area (TPSA) is 30.7 Å². The molecule has 1 heterocycles. The van der Waals surface area contributed by atoms with Crippen molar-refractivity contribution in [2.24, 2.45) is 0 Å². The summed E-state index contributed by atoms with van der Waals surface area (Å²) < 4.78 is 3.87. The molecule has 0 bridgehead atoms. The molecule has 0 saturated heterocycles. The molecule has 5 heteroatoms. The second-order valence-electron chi connectivity index (χ2n) is 2.84. The predicted octanol–water partition coefficient (Wildman–Crippen LogP) is 2.54. The van der Waals surface area contributed by atoms with Crippen molar-refractivity contribution in [1.29, 1.82) is 0 Å². The van der Waals surface area contributed by atoms with E-state index in [1.165, 1.54) is 9.13 Å². The van der Waals surface area contributed by atoms with Gasteiger partial charge < -0.3 is 0 Å². The molecule has 2 rings (SSSR count). The minimum atomic E-state index is 0.785. The lowest BCUT2D eigenvalue weighted by atomic mass is 10.2. The van der Waals surface area contributed by atoms with Crippen LogP contribution < -0.4 is 0 Å². The van der Waals surface area contributed by atoms with E-state index in [2.05, 4.69) is 79.5 Å². The van der Waals surface area contributed by atoms with Crippen molar-refractivity contribution in [2.45, 2.75) is 6.54 Å². The number of rotatable bonds is 2. The summed E-state index contributed by atoms with van der Waals surface area (Å²) in [6.45, 7) is 0.785. The molecule has 0 amide bonds. The zero-order valence-electron chi connectivity index (χ0n) is 7.19. The predicted molar refractivity (Wildman–Crippen MR) is 71.0 cm³/mol. The van der Waals surface area contributed by atoms with Gasteiger partial charge in [0.05, 0.1) is 6.54 Å². The van der Waals surface area contributed by atoms with E-state index >= 15 is 0 Å². The van der Waals surface area contributed by atoms with Gasteiger partial charge in [-0.25, -0.2) is 9.67 Å². The summed E-state index contributed by atoms with van der Waals surface area (Å²) in [5.74, 6) is 0. The third kappa shape index (κ3) is 2.66. The highest BCUT2D eigenvalue weighted by atomic mass is 127. The molecule has 0 unspecified atom stereocenters. The number of hydrogen-bond acceptors (Lipinski definition) is 2. The number of benzene rings is 1. The van der Waals surface area contributed by atoms with Crippen LogP contribution in [0.25, 0.3) is 0 Å². The molecule has 72 valence electrons. The van der Waals surface area contributed by atoms with Gasteiger partial charge in [-0.05, 0) is 40.3 Å². The van der Waals surface area contributed by atoms with Gasteiger partial charge in [-0.3, -0.25) is 0 Å². The van der Waals surface area contributed by atoms with Crippen molar-refractivity contribution >= 4 is 45.2 Å². The van der Waals surface area contributed by atoms with Gasteiger partial charge >= 0.3 is 0 Å². The smallest absolute Gasteiger partial charge is 0.211 e. The summed E-state index contributed by atoms with van der Waals surface area (Å²) in [5.41, 5.74) is 1.24. The Morgan fingerprint density at radius 2 is 1.86 bits per heavy atom. The summed E-state index contributed by atoms with van der Waals surface area (Å²) in [4.78, 5) is 4.07. The summed E-state index contributed by atoms with van der Waals surface area (Å²) in [5, 5.41) is 4.22. The molecule has 3 nitrogen and oxygen atoms in total. The standard InChI is InChI=1S/C9H7I2N3/c10-8-3-1-7(2-4-8)5-14-6-12-9(11)13-14/h1-4,6H,5H2. The number of halogens is 2. The molecule has 14 heavy (non-hydrogen) atoms. The van der Waals surface area contributed by atoms with Crippen LogP contribution in [-0.2, 0) is 6.54 Å². The fraction of sp³-hybridized carbons (Fsp3) is 0.111. The second-order valence-corrected chi connectivity index (χ2v) is 5.05. The first kappa shape index (κ1) is 10.3. The van der Waals surface area contributed by atoms with Crippen LogP contribution in [0.5, 0.6) is 0 Å². The summed E-state index contributed by atoms with van der Waals surface area (Å²) in [6, 6.07) is 8.40. The zero-order chi connectivity index (χ0) is 9.97. The van der Waals surface area contributed by atoms with Crippen molar-refractivity contribution in [1.82, 2.24) is 14.8 Å². The van der Waals surface area contributed by atoms with E-state index in [4.69, 9.17) is 0 Å². The molecule has 1 aromatic heterocycles. The maximum absolute atomic E-state index is 4.22. The Balaban J connectivity index is 2.15. The van der Waals surface area contributed by atoms with Gasteiger partial charge in [0.2, 0.25) is 3.83 Å². The van der Waals surface area contributed by atoms with Gasteiger partial charge in [0.25, 0.3) is 0 Å². The molecule has 1 aromatic carbocycles. The van der Waals surface area contributed by atoms with Crippen molar-refractivity contribution in [2.75, 3.05) is 0 Å². The average molecular weight is 411 g/mol. The maximum atomic E-state index is 4.22. The fourth-order valence-electron chi connectivity index (χ4n) is 1.12. The largest absolute Gasteiger partial charge is 0.247 e. The van der Waals surface area contributed by atoms with Crippen molar-refractivity contribution in [3.63, 3.8) is 0 Å². The second kappa shape index (κ2) is 4.56. The molecule has 0 spiro atoms. The normalized spacial score (nSPS) is 10.4. The molecule has 0 aliphatic rings. The van der Waals surface area contributed by atoms with Crippen LogP contribution in [0.15, 0.2) is 30.6 Å². The minimum Gasteiger partial charge on any atom is -0.247 e. The van der Waals surface area contributed by atoms with E-state index in [1.807, 2.05) is 4.68 Å². The lowest BCUT2D eigenvalue weighted by Crippen LogP contribution is -2.00. The highest BCUT2D eigenvalue weighted by Gasteiger charge is 1.97. The van der Waals surface area contributed by atoms with E-state index in [1.54, 1.807) is 6.33 Å². The minimum absolute atomic E-state index is 0.785. The Kier molecular flexibility index (Phi) is 3.37. The van der Waals surface area contributed by atoms with E-state index in [-0.39, 0.29) is 0 Å². The molecule has 0 aliphatic carbocycles. The van der Waals surface area contributed by atoms with Crippen LogP contribution in [0.2, 0.25) is 0 Å². The van der Waals surface area contributed by atoms with Gasteiger partial charge in [-0.2, -0.15) is 0 Å². The van der Waals surface area contributed by atoms with Crippen LogP contribution in [0, 0.1) is 7.40 Å². The molecule has 0 aliphatic heterocycles. The first-order chi connectivity index (χ1) is 6.74. The van der Waals surface area contributed by atoms with Crippen LogP contribution in [-0.4, -0.2) is 14.8 Å². The first-order valence-corrected chi connectivity index (χ1v) is 6.19. The van der Waals surface area contributed by atoms with Gasteiger partial charge in [0, 0.05) is 26.2 Å². The molecular weight excluding hydrogens is 404 g/mol. The van der Waals surface area contributed by atoms with Gasteiger partial charge in [-0.15, -0.1) is 5.10 Å². The fourth-order valence-corrected chi connectivity index (χ4v) is 1.89. The van der Waals surface area contributed by atoms with Crippen LogP contribution >= 0.6 is 45.2 Å². The lowest BCUT2D eigenvalue weighted by Gasteiger charge is -2.00. The monoisotopic (exact) mass is 411 g/mol. The van der Waals surface area contributed by atoms with Crippen molar-refractivity contribution in [3.8, 4) is 0 Å². The average Bonchev–Trinajstić information content (AvgIpc) is 2.56. The van der Waals surface area contributed by atoms with E-state index in [0.717, 1.165) is 10.4 Å². The van der Waals surface area contributed by atoms with Gasteiger partial charge in [0.1, 0.15) is 6.33 Å². The molecule has 2 aromatic rings. The Labute approximate surface area is 109 Å². The Morgan fingerprint density at radius 3 is 2.43 bits per heavy atom. The van der Waals surface area contributed by atoms with Gasteiger partial charge in [0.15, 0.2) is 0 Å². The van der Waals surface area contributed by atoms with E-state index in [9.17, 15) is 0 Å². The van der Waals surface area contributed by atoms with Crippen LogP contribution in [0.4, 0.5) is 0 Å². The molecule has 0 saturated carbocycles. The maximum Gasteiger partial charge on any atom is 0.211 e. The third-order valence-corrected chi connectivity index (χ3v) is 2.98. The number of hydrogen-bond donors (Lipinski definition) is 0. The number of nitrogens with zero attached hydrogens (tertiary/aromatic N) is 3. The first-order valence-electron chi connectivity index (χ1n) is 4.03. The van der Waals surface area contributed by atoms with E-state index < -0.39 is 0 Å². The van der Waals surface area contributed by atoms with Crippen molar-refractivity contribution < 1.29 is 0 Å². The Hall–Kier alpha value is -0.180. The summed E-state index contributed by atoms with van der Waals surface area (Å²) in [7, 11) is 0. The van der Waals surface area contributed by atoms with Crippen molar-refractivity contribution in [3.05, 3.63) is 43.6 Å². The van der Waals surface area contributed by atoms with Crippen LogP contribution in [0.1, 0.15) is 5.56 Å². The van der Waals surface area contributed by atoms with Crippen LogP contribution in [0.3, 0.4) is 0 Å². The SMILES string of the molecule is Ic1ccc(Cn2cnc(I)n2)cc1. The van der Waals surface area contributed by atoms with Gasteiger partial charge in [-0.1, -0.05) is 12.1 Å². The molecule has 0 fully saturated rings. The lowest BCUT2D eigenvalue weighted by molar-refractivity contribution is 0.680. The highest BCUT2D eigenvalue weighted by molar-refractivity contribution is 14.1. The van der Waals surface area contributed by atoms with E-state index in [0.29, 0.717) is 0 Å². The zero-order valence-corrected chi connectivity index (χ0v) is 11.5. The Morgan fingerprint density at radius 1 is 1.14 bits per heavy atom. The summed E-state index contributed by atoms with van der Waals surface area (Å²) in [6.07, 6.45) is 1.75. The highest BCUT2D eigenvalue weighted by Crippen LogP contribution is 2.08. The third-order valence-electron chi connectivity index (χ3n) is 1.77.